The van der Waals surface area contributed by atoms with Crippen LogP contribution in [-0.2, 0) is 30.4 Å². The number of benzene rings is 1. The van der Waals surface area contributed by atoms with Gasteiger partial charge in [-0.2, -0.15) is 0 Å². The normalized spacial score (nSPS) is 24.5. The molecule has 3 aliphatic rings. The zero-order valence-electron chi connectivity index (χ0n) is 22.1. The quantitative estimate of drug-likeness (QED) is 0.349. The minimum atomic E-state index is -1.09. The second-order valence-electron chi connectivity index (χ2n) is 10.6. The zero-order chi connectivity index (χ0) is 28.3. The first-order chi connectivity index (χ1) is 18.6. The molecule has 3 fully saturated rings. The maximum absolute atomic E-state index is 13.6. The Labute approximate surface area is 227 Å². The van der Waals surface area contributed by atoms with Crippen LogP contribution in [0.2, 0.25) is 0 Å². The molecule has 3 aliphatic heterocycles. The summed E-state index contributed by atoms with van der Waals surface area (Å²) in [5, 5.41) is 22.0. The molecule has 39 heavy (non-hydrogen) atoms. The van der Waals surface area contributed by atoms with Crippen LogP contribution < -0.4 is 11.1 Å². The molecule has 4 amide bonds. The fourth-order valence-corrected chi connectivity index (χ4v) is 5.87. The summed E-state index contributed by atoms with van der Waals surface area (Å²) in [4.78, 5) is 69.2. The lowest BCUT2D eigenvalue weighted by Gasteiger charge is -2.33. The number of amides is 4. The number of carbonyl (C=O) groups excluding carboxylic acids is 4. The molecule has 3 heterocycles. The maximum atomic E-state index is 13.6. The lowest BCUT2D eigenvalue weighted by Crippen LogP contribution is -2.58. The van der Waals surface area contributed by atoms with Crippen LogP contribution >= 0.6 is 0 Å². The highest BCUT2D eigenvalue weighted by atomic mass is 16.4. The summed E-state index contributed by atoms with van der Waals surface area (Å²) in [5.41, 5.74) is 6.45. The highest BCUT2D eigenvalue weighted by molar-refractivity contribution is 5.96. The molecule has 12 heteroatoms. The number of rotatable bonds is 8. The summed E-state index contributed by atoms with van der Waals surface area (Å²) in [6.45, 7) is 2.65. The van der Waals surface area contributed by atoms with Crippen molar-refractivity contribution in [3.63, 3.8) is 0 Å². The van der Waals surface area contributed by atoms with E-state index >= 15 is 0 Å². The molecule has 0 aliphatic carbocycles. The molecule has 5 N–H and O–H groups in total. The van der Waals surface area contributed by atoms with Gasteiger partial charge in [-0.05, 0) is 63.1 Å². The molecular weight excluding hydrogens is 506 g/mol. The number of phenolic OH excluding ortho intramolecular Hbond substituents is 1. The standard InChI is InChI=1S/C27H37N5O7/c1-16(28)24(35)31-13-3-6-21(31)26(37)30-12-2-5-20(30)23(34)29-19(15-17-8-10-18(33)11-9-17)25(36)32-14-4-7-22(32)27(38)39/h8-11,16,19-22,33H,2-7,12-15,28H2,1H3,(H,29,34)(H,38,39)/t16-,19-,20-,21-,22-/m0/s1. The molecule has 0 spiro atoms. The predicted molar refractivity (Wildman–Crippen MR) is 139 cm³/mol. The highest BCUT2D eigenvalue weighted by Gasteiger charge is 2.44. The van der Waals surface area contributed by atoms with Crippen molar-refractivity contribution in [2.75, 3.05) is 19.6 Å². The smallest absolute Gasteiger partial charge is 0.326 e. The number of carboxylic acids is 1. The van der Waals surface area contributed by atoms with Gasteiger partial charge in [0, 0.05) is 26.1 Å². The van der Waals surface area contributed by atoms with Gasteiger partial charge in [0.2, 0.25) is 23.6 Å². The Morgan fingerprint density at radius 3 is 2.00 bits per heavy atom. The molecule has 3 saturated heterocycles. The van der Waals surface area contributed by atoms with E-state index in [0.29, 0.717) is 57.2 Å². The van der Waals surface area contributed by atoms with Gasteiger partial charge in [0.15, 0.2) is 0 Å². The van der Waals surface area contributed by atoms with E-state index in [9.17, 15) is 34.2 Å². The summed E-state index contributed by atoms with van der Waals surface area (Å²) in [6.07, 6.45) is 3.15. The fourth-order valence-electron chi connectivity index (χ4n) is 5.87. The number of phenols is 1. The summed E-state index contributed by atoms with van der Waals surface area (Å²) < 4.78 is 0. The molecular formula is C27H37N5O7. The first kappa shape index (κ1) is 28.3. The van der Waals surface area contributed by atoms with Gasteiger partial charge in [0.25, 0.3) is 0 Å². The van der Waals surface area contributed by atoms with E-state index in [1.54, 1.807) is 19.1 Å². The molecule has 4 rings (SSSR count). The second kappa shape index (κ2) is 12.0. The van der Waals surface area contributed by atoms with E-state index in [1.807, 2.05) is 0 Å². The molecule has 5 atom stereocenters. The summed E-state index contributed by atoms with van der Waals surface area (Å²) in [5.74, 6) is -2.63. The van der Waals surface area contributed by atoms with E-state index in [1.165, 1.54) is 26.8 Å². The highest BCUT2D eigenvalue weighted by Crippen LogP contribution is 2.26. The molecule has 0 saturated carbocycles. The zero-order valence-corrected chi connectivity index (χ0v) is 22.1. The third-order valence-corrected chi connectivity index (χ3v) is 7.86. The van der Waals surface area contributed by atoms with Crippen LogP contribution in [0.5, 0.6) is 5.75 Å². The second-order valence-corrected chi connectivity index (χ2v) is 10.6. The Bertz CT molecular complexity index is 1110. The average molecular weight is 544 g/mol. The third-order valence-electron chi connectivity index (χ3n) is 7.86. The van der Waals surface area contributed by atoms with Gasteiger partial charge >= 0.3 is 5.97 Å². The first-order valence-electron chi connectivity index (χ1n) is 13.6. The monoisotopic (exact) mass is 543 g/mol. The van der Waals surface area contributed by atoms with Crippen molar-refractivity contribution in [3.8, 4) is 5.75 Å². The van der Waals surface area contributed by atoms with Crippen molar-refractivity contribution in [2.45, 2.75) is 82.1 Å². The largest absolute Gasteiger partial charge is 0.508 e. The van der Waals surface area contributed by atoms with Gasteiger partial charge in [-0.3, -0.25) is 19.2 Å². The SMILES string of the molecule is C[C@H](N)C(=O)N1CCC[C@H]1C(=O)N1CCC[C@H]1C(=O)N[C@@H](Cc1ccc(O)cc1)C(=O)N1CCC[C@H]1C(=O)O. The summed E-state index contributed by atoms with van der Waals surface area (Å²) >= 11 is 0. The minimum absolute atomic E-state index is 0.0553. The molecule has 1 aromatic rings. The number of nitrogens with one attached hydrogen (secondary N) is 1. The summed E-state index contributed by atoms with van der Waals surface area (Å²) in [7, 11) is 0. The number of carbonyl (C=O) groups is 5. The van der Waals surface area contributed by atoms with Crippen LogP contribution in [0.4, 0.5) is 0 Å². The fraction of sp³-hybridized carbons (Fsp3) is 0.593. The van der Waals surface area contributed by atoms with Crippen molar-refractivity contribution >= 4 is 29.6 Å². The van der Waals surface area contributed by atoms with E-state index in [4.69, 9.17) is 5.73 Å². The van der Waals surface area contributed by atoms with Gasteiger partial charge in [0.05, 0.1) is 6.04 Å². The van der Waals surface area contributed by atoms with Crippen molar-refractivity contribution in [1.82, 2.24) is 20.0 Å². The summed E-state index contributed by atoms with van der Waals surface area (Å²) in [6, 6.07) is 1.99. The Hall–Kier alpha value is -3.67. The number of nitrogens with zero attached hydrogens (tertiary/aromatic N) is 3. The van der Waals surface area contributed by atoms with Crippen LogP contribution in [0.15, 0.2) is 24.3 Å². The number of likely N-dealkylation sites (tertiary alicyclic amines) is 3. The molecule has 0 radical (unpaired) electrons. The number of hydrogen-bond donors (Lipinski definition) is 4. The first-order valence-corrected chi connectivity index (χ1v) is 13.6. The van der Waals surface area contributed by atoms with E-state index in [-0.39, 0.29) is 30.5 Å². The topological polar surface area (TPSA) is 174 Å². The van der Waals surface area contributed by atoms with Gasteiger partial charge in [-0.1, -0.05) is 12.1 Å². The Balaban J connectivity index is 1.52. The van der Waals surface area contributed by atoms with Gasteiger partial charge in [-0.25, -0.2) is 4.79 Å². The van der Waals surface area contributed by atoms with Crippen LogP contribution in [-0.4, -0.2) is 104 Å². The Morgan fingerprint density at radius 2 is 1.41 bits per heavy atom. The number of hydrogen-bond acceptors (Lipinski definition) is 7. The Morgan fingerprint density at radius 1 is 0.872 bits per heavy atom. The third kappa shape index (κ3) is 6.16. The minimum Gasteiger partial charge on any atom is -0.508 e. The molecule has 0 unspecified atom stereocenters. The Kier molecular flexibility index (Phi) is 8.73. The van der Waals surface area contributed by atoms with Crippen molar-refractivity contribution in [1.29, 1.82) is 0 Å². The van der Waals surface area contributed by atoms with Crippen molar-refractivity contribution in [3.05, 3.63) is 29.8 Å². The van der Waals surface area contributed by atoms with Gasteiger partial charge < -0.3 is 36.0 Å². The molecule has 212 valence electrons. The van der Waals surface area contributed by atoms with E-state index in [2.05, 4.69) is 5.32 Å². The predicted octanol–water partition coefficient (Wildman–Crippen LogP) is -0.176. The lowest BCUT2D eigenvalue weighted by molar-refractivity contribution is -0.150. The van der Waals surface area contributed by atoms with Crippen molar-refractivity contribution in [2.24, 2.45) is 5.73 Å². The molecule has 0 aromatic heterocycles. The number of aromatic hydroxyl groups is 1. The van der Waals surface area contributed by atoms with Crippen LogP contribution in [0, 0.1) is 0 Å². The number of carboxylic acid groups (broad SMARTS) is 1. The van der Waals surface area contributed by atoms with Crippen LogP contribution in [0.3, 0.4) is 0 Å². The molecule has 0 bridgehead atoms. The van der Waals surface area contributed by atoms with Gasteiger partial charge in [0.1, 0.15) is 29.9 Å². The van der Waals surface area contributed by atoms with Gasteiger partial charge in [-0.15, -0.1) is 0 Å². The van der Waals surface area contributed by atoms with E-state index < -0.39 is 48.0 Å². The number of aliphatic carboxylic acids is 1. The van der Waals surface area contributed by atoms with Crippen LogP contribution in [0.25, 0.3) is 0 Å². The average Bonchev–Trinajstić information content (AvgIpc) is 3.68. The van der Waals surface area contributed by atoms with Crippen LogP contribution in [0.1, 0.15) is 51.0 Å². The molecule has 12 nitrogen and oxygen atoms in total. The molecule has 1 aromatic carbocycles. The van der Waals surface area contributed by atoms with Crippen molar-refractivity contribution < 1.29 is 34.2 Å². The number of nitrogens with two attached hydrogens (primary N) is 1. The maximum Gasteiger partial charge on any atom is 0.326 e. The van der Waals surface area contributed by atoms with E-state index in [0.717, 1.165) is 0 Å². The lowest BCUT2D eigenvalue weighted by atomic mass is 10.0.